The van der Waals surface area contributed by atoms with Crippen molar-refractivity contribution in [3.63, 3.8) is 0 Å². The van der Waals surface area contributed by atoms with Crippen LogP contribution >= 0.6 is 11.8 Å². The molecule has 154 valence electrons. The number of aromatic nitrogens is 2. The summed E-state index contributed by atoms with van der Waals surface area (Å²) in [6, 6.07) is 2.92. The number of ether oxygens (including phenoxy) is 2. The lowest BCUT2D eigenvalue weighted by Gasteiger charge is -2.37. The molecule has 0 bridgehead atoms. The Hall–Kier alpha value is -2.68. The smallest absolute Gasteiger partial charge is 0.263 e. The number of thioether (sulfide) groups is 1. The second-order valence-electron chi connectivity index (χ2n) is 7.06. The molecular formula is C20H23N3O5S. The van der Waals surface area contributed by atoms with Crippen molar-refractivity contribution in [2.75, 3.05) is 26.5 Å². The zero-order valence-electron chi connectivity index (χ0n) is 16.6. The van der Waals surface area contributed by atoms with Crippen LogP contribution in [0.25, 0.3) is 0 Å². The van der Waals surface area contributed by atoms with E-state index in [1.807, 2.05) is 6.07 Å². The van der Waals surface area contributed by atoms with Crippen LogP contribution in [0.3, 0.4) is 0 Å². The summed E-state index contributed by atoms with van der Waals surface area (Å²) < 4.78 is 12.4. The van der Waals surface area contributed by atoms with Gasteiger partial charge in [-0.15, -0.1) is 0 Å². The molecule has 4 rings (SSSR count). The largest absolute Gasteiger partial charge is 0.493 e. The van der Waals surface area contributed by atoms with Crippen molar-refractivity contribution in [3.05, 3.63) is 39.2 Å². The summed E-state index contributed by atoms with van der Waals surface area (Å²) in [7, 11) is 3.10. The highest BCUT2D eigenvalue weighted by Gasteiger charge is 2.37. The maximum absolute atomic E-state index is 13.3. The zero-order chi connectivity index (χ0) is 20.7. The molecule has 2 aliphatic rings. The van der Waals surface area contributed by atoms with E-state index in [-0.39, 0.29) is 22.9 Å². The molecule has 1 atom stereocenters. The molecule has 2 aliphatic heterocycles. The zero-order valence-corrected chi connectivity index (χ0v) is 17.4. The van der Waals surface area contributed by atoms with E-state index in [1.54, 1.807) is 22.6 Å². The Bertz CT molecular complexity index is 1040. The van der Waals surface area contributed by atoms with Crippen molar-refractivity contribution in [3.8, 4) is 17.4 Å². The highest BCUT2D eigenvalue weighted by atomic mass is 32.2. The molecule has 0 radical (unpaired) electrons. The lowest BCUT2D eigenvalue weighted by molar-refractivity contribution is -0.130. The Balaban J connectivity index is 1.97. The molecule has 0 saturated carbocycles. The van der Waals surface area contributed by atoms with E-state index in [4.69, 9.17) is 9.47 Å². The van der Waals surface area contributed by atoms with Gasteiger partial charge >= 0.3 is 0 Å². The standard InChI is InChI=1S/C20H23N3O5S/c1-11(24)22-7-5-12-9-14(27-2)15(28-3)10-13(12)17(22)16-18(25)21-20-23(19(16)26)6-4-8-29-20/h9-10,17,25H,4-8H2,1-3H3/t17-/m0/s1. The molecule has 1 aromatic heterocycles. The highest BCUT2D eigenvalue weighted by Crippen LogP contribution is 2.42. The minimum atomic E-state index is -0.735. The van der Waals surface area contributed by atoms with Gasteiger partial charge in [-0.05, 0) is 36.1 Å². The number of hydrogen-bond donors (Lipinski definition) is 1. The van der Waals surface area contributed by atoms with E-state index < -0.39 is 6.04 Å². The first-order valence-corrected chi connectivity index (χ1v) is 10.4. The molecule has 0 unspecified atom stereocenters. The fourth-order valence-electron chi connectivity index (χ4n) is 4.07. The van der Waals surface area contributed by atoms with Gasteiger partial charge < -0.3 is 19.5 Å². The Labute approximate surface area is 172 Å². The summed E-state index contributed by atoms with van der Waals surface area (Å²) in [6.07, 6.45) is 1.47. The molecule has 1 amide bonds. The molecule has 1 aromatic carbocycles. The normalized spacial score (nSPS) is 18.0. The van der Waals surface area contributed by atoms with Gasteiger partial charge in [0.15, 0.2) is 16.7 Å². The molecule has 1 N–H and O–H groups in total. The summed E-state index contributed by atoms with van der Waals surface area (Å²) in [4.78, 5) is 31.7. The van der Waals surface area contributed by atoms with Crippen molar-refractivity contribution < 1.29 is 19.4 Å². The number of carbonyl (C=O) groups is 1. The van der Waals surface area contributed by atoms with Gasteiger partial charge in [0, 0.05) is 25.8 Å². The monoisotopic (exact) mass is 417 g/mol. The van der Waals surface area contributed by atoms with E-state index in [9.17, 15) is 14.7 Å². The van der Waals surface area contributed by atoms with E-state index in [1.165, 1.54) is 25.8 Å². The predicted octanol–water partition coefficient (Wildman–Crippen LogP) is 1.96. The third-order valence-electron chi connectivity index (χ3n) is 5.46. The number of methoxy groups -OCH3 is 2. The molecule has 0 aliphatic carbocycles. The van der Waals surface area contributed by atoms with Crippen LogP contribution in [0.15, 0.2) is 22.1 Å². The highest BCUT2D eigenvalue weighted by molar-refractivity contribution is 7.99. The van der Waals surface area contributed by atoms with Crippen LogP contribution in [-0.4, -0.2) is 52.0 Å². The van der Waals surface area contributed by atoms with Crippen molar-refractivity contribution in [1.82, 2.24) is 14.5 Å². The van der Waals surface area contributed by atoms with Crippen LogP contribution in [-0.2, 0) is 17.8 Å². The van der Waals surface area contributed by atoms with Crippen LogP contribution in [0.2, 0.25) is 0 Å². The van der Waals surface area contributed by atoms with Crippen molar-refractivity contribution >= 4 is 17.7 Å². The number of rotatable bonds is 3. The van der Waals surface area contributed by atoms with Crippen LogP contribution < -0.4 is 15.0 Å². The molecule has 9 heteroatoms. The average Bonchev–Trinajstić information content (AvgIpc) is 2.72. The first kappa shape index (κ1) is 19.6. The average molecular weight is 417 g/mol. The maximum Gasteiger partial charge on any atom is 0.263 e. The number of fused-ring (bicyclic) bond motifs is 2. The quantitative estimate of drug-likeness (QED) is 0.763. The van der Waals surface area contributed by atoms with Gasteiger partial charge in [-0.3, -0.25) is 14.2 Å². The lowest BCUT2D eigenvalue weighted by atomic mass is 9.88. The summed E-state index contributed by atoms with van der Waals surface area (Å²) in [5, 5.41) is 11.2. The van der Waals surface area contributed by atoms with Crippen molar-refractivity contribution in [2.24, 2.45) is 0 Å². The van der Waals surface area contributed by atoms with Gasteiger partial charge in [0.25, 0.3) is 5.56 Å². The van der Waals surface area contributed by atoms with Crippen LogP contribution in [0.5, 0.6) is 17.4 Å². The second-order valence-corrected chi connectivity index (χ2v) is 8.12. The number of hydrogen-bond acceptors (Lipinski definition) is 7. The molecule has 29 heavy (non-hydrogen) atoms. The van der Waals surface area contributed by atoms with Gasteiger partial charge in [-0.25, -0.2) is 0 Å². The molecule has 0 spiro atoms. The molecule has 2 aromatic rings. The van der Waals surface area contributed by atoms with Gasteiger partial charge in [0.2, 0.25) is 11.8 Å². The van der Waals surface area contributed by atoms with Gasteiger partial charge in [0.05, 0.1) is 20.3 Å². The summed E-state index contributed by atoms with van der Waals surface area (Å²) in [5.41, 5.74) is 1.50. The van der Waals surface area contributed by atoms with E-state index in [0.717, 1.165) is 23.3 Å². The molecule has 0 saturated heterocycles. The first-order valence-electron chi connectivity index (χ1n) is 9.44. The number of carbonyl (C=O) groups excluding carboxylic acids is 1. The molecule has 3 heterocycles. The fourth-order valence-corrected chi connectivity index (χ4v) is 5.01. The maximum atomic E-state index is 13.3. The van der Waals surface area contributed by atoms with Crippen molar-refractivity contribution in [1.29, 1.82) is 0 Å². The van der Waals surface area contributed by atoms with Gasteiger partial charge in [-0.1, -0.05) is 11.8 Å². The van der Waals surface area contributed by atoms with Crippen LogP contribution in [0.1, 0.15) is 36.1 Å². The van der Waals surface area contributed by atoms with E-state index >= 15 is 0 Å². The van der Waals surface area contributed by atoms with Crippen LogP contribution in [0.4, 0.5) is 0 Å². The topological polar surface area (TPSA) is 93.9 Å². The minimum Gasteiger partial charge on any atom is -0.493 e. The number of benzene rings is 1. The number of amides is 1. The third kappa shape index (κ3) is 3.23. The first-order chi connectivity index (χ1) is 14.0. The summed E-state index contributed by atoms with van der Waals surface area (Å²) in [6.45, 7) is 2.44. The molecule has 0 fully saturated rings. The fraction of sp³-hybridized carbons (Fsp3) is 0.450. The molecular weight excluding hydrogens is 394 g/mol. The Morgan fingerprint density at radius 2 is 1.97 bits per heavy atom. The van der Waals surface area contributed by atoms with Crippen molar-refractivity contribution in [2.45, 2.75) is 37.5 Å². The SMILES string of the molecule is COc1cc2c(cc1OC)[C@@H](c1c(O)nc3n(c1=O)CCCS3)N(C(C)=O)CC2. The van der Waals surface area contributed by atoms with E-state index in [0.29, 0.717) is 36.2 Å². The predicted molar refractivity (Wildman–Crippen MR) is 108 cm³/mol. The minimum absolute atomic E-state index is 0.125. The van der Waals surface area contributed by atoms with Gasteiger partial charge in [-0.2, -0.15) is 4.98 Å². The summed E-state index contributed by atoms with van der Waals surface area (Å²) >= 11 is 1.45. The van der Waals surface area contributed by atoms with E-state index in [2.05, 4.69) is 4.98 Å². The Morgan fingerprint density at radius 1 is 1.24 bits per heavy atom. The second kappa shape index (κ2) is 7.62. The number of aromatic hydroxyl groups is 1. The lowest BCUT2D eigenvalue weighted by Crippen LogP contribution is -2.43. The van der Waals surface area contributed by atoms with Crippen LogP contribution in [0, 0.1) is 0 Å². The number of nitrogens with zero attached hydrogens (tertiary/aromatic N) is 3. The van der Waals surface area contributed by atoms with Gasteiger partial charge in [0.1, 0.15) is 5.56 Å². The summed E-state index contributed by atoms with van der Waals surface area (Å²) in [5.74, 6) is 1.44. The Morgan fingerprint density at radius 3 is 2.66 bits per heavy atom. The Kier molecular flexibility index (Phi) is 5.16. The molecule has 8 nitrogen and oxygen atoms in total. The third-order valence-corrected chi connectivity index (χ3v) is 6.52.